The standard InChI is InChI=1S/C13H25NO2/c1-4-14-11(3)9-13(15)16-12-8-6-5-7-10(12)2/h10-12,14H,4-9H2,1-3H3. The van der Waals surface area contributed by atoms with E-state index in [1.54, 1.807) is 0 Å². The fourth-order valence-corrected chi connectivity index (χ4v) is 2.34. The lowest BCUT2D eigenvalue weighted by Crippen LogP contribution is -2.33. The average molecular weight is 227 g/mol. The van der Waals surface area contributed by atoms with Crippen molar-refractivity contribution in [3.63, 3.8) is 0 Å². The molecule has 3 atom stereocenters. The van der Waals surface area contributed by atoms with Crippen molar-refractivity contribution in [2.45, 2.75) is 65.0 Å². The van der Waals surface area contributed by atoms with E-state index < -0.39 is 0 Å². The molecule has 1 aliphatic carbocycles. The van der Waals surface area contributed by atoms with E-state index in [1.165, 1.54) is 19.3 Å². The molecule has 0 saturated heterocycles. The second kappa shape index (κ2) is 6.89. The Labute approximate surface area is 98.9 Å². The summed E-state index contributed by atoms with van der Waals surface area (Å²) in [4.78, 5) is 11.7. The smallest absolute Gasteiger partial charge is 0.307 e. The first-order valence-corrected chi connectivity index (χ1v) is 6.56. The first-order chi connectivity index (χ1) is 7.63. The van der Waals surface area contributed by atoms with Crippen molar-refractivity contribution in [3.8, 4) is 0 Å². The van der Waals surface area contributed by atoms with Crippen molar-refractivity contribution in [2.75, 3.05) is 6.54 Å². The molecule has 0 aromatic heterocycles. The first-order valence-electron chi connectivity index (χ1n) is 6.56. The first kappa shape index (κ1) is 13.5. The molecule has 0 aromatic carbocycles. The third kappa shape index (κ3) is 4.52. The average Bonchev–Trinajstić information content (AvgIpc) is 2.21. The number of carbonyl (C=O) groups excluding carboxylic acids is 1. The second-order valence-electron chi connectivity index (χ2n) is 4.95. The largest absolute Gasteiger partial charge is 0.462 e. The van der Waals surface area contributed by atoms with Gasteiger partial charge in [-0.1, -0.05) is 20.3 Å². The lowest BCUT2D eigenvalue weighted by atomic mass is 9.88. The normalized spacial score (nSPS) is 27.4. The number of hydrogen-bond acceptors (Lipinski definition) is 3. The number of carbonyl (C=O) groups is 1. The van der Waals surface area contributed by atoms with Crippen LogP contribution in [0.4, 0.5) is 0 Å². The molecule has 0 aliphatic heterocycles. The molecule has 0 aromatic rings. The highest BCUT2D eigenvalue weighted by Crippen LogP contribution is 2.26. The molecule has 0 bridgehead atoms. The zero-order valence-electron chi connectivity index (χ0n) is 10.8. The van der Waals surface area contributed by atoms with Gasteiger partial charge < -0.3 is 10.1 Å². The maximum atomic E-state index is 11.7. The molecular formula is C13H25NO2. The minimum atomic E-state index is -0.0489. The predicted molar refractivity (Wildman–Crippen MR) is 65.3 cm³/mol. The van der Waals surface area contributed by atoms with Crippen molar-refractivity contribution in [1.29, 1.82) is 0 Å². The maximum absolute atomic E-state index is 11.7. The second-order valence-corrected chi connectivity index (χ2v) is 4.95. The van der Waals surface area contributed by atoms with Crippen LogP contribution in [-0.2, 0) is 9.53 Å². The topological polar surface area (TPSA) is 38.3 Å². The molecule has 0 radical (unpaired) electrons. The van der Waals surface area contributed by atoms with Gasteiger partial charge in [-0.3, -0.25) is 4.79 Å². The van der Waals surface area contributed by atoms with Crippen LogP contribution in [0.15, 0.2) is 0 Å². The third-order valence-corrected chi connectivity index (χ3v) is 3.34. The van der Waals surface area contributed by atoms with Crippen molar-refractivity contribution in [3.05, 3.63) is 0 Å². The van der Waals surface area contributed by atoms with E-state index in [9.17, 15) is 4.79 Å². The Morgan fingerprint density at radius 2 is 2.12 bits per heavy atom. The Morgan fingerprint density at radius 3 is 2.75 bits per heavy atom. The summed E-state index contributed by atoms with van der Waals surface area (Å²) < 4.78 is 5.54. The fourth-order valence-electron chi connectivity index (χ4n) is 2.34. The number of hydrogen-bond donors (Lipinski definition) is 1. The van der Waals surface area contributed by atoms with E-state index in [1.807, 2.05) is 13.8 Å². The number of ether oxygens (including phenoxy) is 1. The van der Waals surface area contributed by atoms with Gasteiger partial charge in [0.25, 0.3) is 0 Å². The van der Waals surface area contributed by atoms with Gasteiger partial charge in [-0.25, -0.2) is 0 Å². The molecule has 3 heteroatoms. The SMILES string of the molecule is CCNC(C)CC(=O)OC1CCCCC1C. The summed E-state index contributed by atoms with van der Waals surface area (Å²) in [5.74, 6) is 0.486. The van der Waals surface area contributed by atoms with Crippen LogP contribution in [-0.4, -0.2) is 24.7 Å². The van der Waals surface area contributed by atoms with Crippen molar-refractivity contribution < 1.29 is 9.53 Å². The zero-order valence-corrected chi connectivity index (χ0v) is 10.8. The van der Waals surface area contributed by atoms with Gasteiger partial charge in [0.2, 0.25) is 0 Å². The molecule has 16 heavy (non-hydrogen) atoms. The molecule has 1 saturated carbocycles. The summed E-state index contributed by atoms with van der Waals surface area (Å²) in [6, 6.07) is 0.219. The Bertz CT molecular complexity index is 218. The molecule has 1 fully saturated rings. The van der Waals surface area contributed by atoms with Crippen LogP contribution >= 0.6 is 0 Å². The summed E-state index contributed by atoms with van der Waals surface area (Å²) in [5, 5.41) is 3.22. The molecule has 1 rings (SSSR count). The van der Waals surface area contributed by atoms with Crippen LogP contribution in [0, 0.1) is 5.92 Å². The monoisotopic (exact) mass is 227 g/mol. The van der Waals surface area contributed by atoms with Gasteiger partial charge in [-0.05, 0) is 38.6 Å². The maximum Gasteiger partial charge on any atom is 0.307 e. The Kier molecular flexibility index (Phi) is 5.81. The van der Waals surface area contributed by atoms with Gasteiger partial charge in [0.15, 0.2) is 0 Å². The van der Waals surface area contributed by atoms with Gasteiger partial charge in [0.1, 0.15) is 6.10 Å². The molecule has 0 amide bonds. The summed E-state index contributed by atoms with van der Waals surface area (Å²) >= 11 is 0. The van der Waals surface area contributed by atoms with E-state index in [4.69, 9.17) is 4.74 Å². The van der Waals surface area contributed by atoms with Crippen LogP contribution in [0.25, 0.3) is 0 Å². The summed E-state index contributed by atoms with van der Waals surface area (Å²) in [7, 11) is 0. The van der Waals surface area contributed by atoms with Gasteiger partial charge >= 0.3 is 5.97 Å². The fraction of sp³-hybridized carbons (Fsp3) is 0.923. The third-order valence-electron chi connectivity index (χ3n) is 3.34. The van der Waals surface area contributed by atoms with Crippen molar-refractivity contribution >= 4 is 5.97 Å². The van der Waals surface area contributed by atoms with Crippen LogP contribution in [0.3, 0.4) is 0 Å². The molecule has 0 heterocycles. The molecular weight excluding hydrogens is 202 g/mol. The van der Waals surface area contributed by atoms with E-state index >= 15 is 0 Å². The van der Waals surface area contributed by atoms with Gasteiger partial charge in [0.05, 0.1) is 6.42 Å². The van der Waals surface area contributed by atoms with E-state index in [0.29, 0.717) is 12.3 Å². The number of nitrogens with one attached hydrogen (secondary N) is 1. The van der Waals surface area contributed by atoms with E-state index in [0.717, 1.165) is 13.0 Å². The molecule has 94 valence electrons. The predicted octanol–water partition coefficient (Wildman–Crippen LogP) is 2.50. The van der Waals surface area contributed by atoms with Crippen molar-refractivity contribution in [1.82, 2.24) is 5.32 Å². The van der Waals surface area contributed by atoms with Gasteiger partial charge in [-0.2, -0.15) is 0 Å². The summed E-state index contributed by atoms with van der Waals surface area (Å²) in [6.45, 7) is 7.15. The Balaban J connectivity index is 2.27. The van der Waals surface area contributed by atoms with Crippen LogP contribution in [0.1, 0.15) is 52.9 Å². The summed E-state index contributed by atoms with van der Waals surface area (Å²) in [6.07, 6.45) is 5.36. The number of esters is 1. The van der Waals surface area contributed by atoms with Crippen LogP contribution < -0.4 is 5.32 Å². The minimum Gasteiger partial charge on any atom is -0.462 e. The number of rotatable bonds is 5. The van der Waals surface area contributed by atoms with E-state index in [2.05, 4.69) is 12.2 Å². The van der Waals surface area contributed by atoms with Crippen LogP contribution in [0.5, 0.6) is 0 Å². The van der Waals surface area contributed by atoms with Crippen molar-refractivity contribution in [2.24, 2.45) is 5.92 Å². The quantitative estimate of drug-likeness (QED) is 0.733. The van der Waals surface area contributed by atoms with Gasteiger partial charge in [-0.15, -0.1) is 0 Å². The molecule has 0 spiro atoms. The van der Waals surface area contributed by atoms with Gasteiger partial charge in [0, 0.05) is 6.04 Å². The molecule has 3 nitrogen and oxygen atoms in total. The lowest BCUT2D eigenvalue weighted by Gasteiger charge is -2.28. The Hall–Kier alpha value is -0.570. The summed E-state index contributed by atoms with van der Waals surface area (Å²) in [5.41, 5.74) is 0. The lowest BCUT2D eigenvalue weighted by molar-refractivity contribution is -0.153. The zero-order chi connectivity index (χ0) is 12.0. The highest BCUT2D eigenvalue weighted by Gasteiger charge is 2.25. The highest BCUT2D eigenvalue weighted by atomic mass is 16.5. The minimum absolute atomic E-state index is 0.0489. The van der Waals surface area contributed by atoms with E-state index in [-0.39, 0.29) is 18.1 Å². The van der Waals surface area contributed by atoms with Crippen LogP contribution in [0.2, 0.25) is 0 Å². The molecule has 1 aliphatic rings. The molecule has 1 N–H and O–H groups in total. The molecule has 3 unspecified atom stereocenters. The Morgan fingerprint density at radius 1 is 1.44 bits per heavy atom. The highest BCUT2D eigenvalue weighted by molar-refractivity contribution is 5.70.